The van der Waals surface area contributed by atoms with Crippen molar-refractivity contribution in [3.8, 4) is 38.8 Å². The lowest BCUT2D eigenvalue weighted by Crippen LogP contribution is -2.57. The van der Waals surface area contributed by atoms with E-state index in [9.17, 15) is 28.4 Å². The minimum absolute atomic E-state index is 0.0752. The fourth-order valence-electron chi connectivity index (χ4n) is 8.83. The van der Waals surface area contributed by atoms with Gasteiger partial charge in [0.05, 0.1) is 41.5 Å². The van der Waals surface area contributed by atoms with E-state index in [0.717, 1.165) is 32.9 Å². The molecule has 0 radical (unpaired) electrons. The van der Waals surface area contributed by atoms with Gasteiger partial charge in [-0.3, -0.25) is 29.1 Å². The number of carbonyl (C=O) groups excluding carboxylic acids is 5. The summed E-state index contributed by atoms with van der Waals surface area (Å²) in [5.74, 6) is -1.28. The van der Waals surface area contributed by atoms with Crippen LogP contribution in [0.2, 0.25) is 0 Å². The number of fused-ring (bicyclic) bond motifs is 1. The van der Waals surface area contributed by atoms with Gasteiger partial charge in [-0.25, -0.2) is 19.3 Å². The van der Waals surface area contributed by atoms with Crippen LogP contribution in [-0.4, -0.2) is 116 Å². The van der Waals surface area contributed by atoms with Crippen molar-refractivity contribution in [3.05, 3.63) is 95.5 Å². The number of aromatic amines is 1. The van der Waals surface area contributed by atoms with Gasteiger partial charge in [0.2, 0.25) is 23.6 Å². The Balaban J connectivity index is 0.765. The third-order valence-corrected chi connectivity index (χ3v) is 13.7. The molecule has 3 aromatic carbocycles. The number of carbonyl (C=O) groups is 5. The number of nitrogens with one attached hydrogen (secondary N) is 3. The zero-order chi connectivity index (χ0) is 48.8. The Labute approximate surface area is 404 Å². The molecular weight excluding hydrogens is 900 g/mol. The van der Waals surface area contributed by atoms with E-state index in [4.69, 9.17) is 4.74 Å². The van der Waals surface area contributed by atoms with Crippen LogP contribution in [-0.2, 0) is 30.5 Å². The van der Waals surface area contributed by atoms with Gasteiger partial charge in [0.25, 0.3) is 0 Å². The van der Waals surface area contributed by atoms with Gasteiger partial charge in [-0.1, -0.05) is 69.7 Å². The van der Waals surface area contributed by atoms with Gasteiger partial charge in [-0.2, -0.15) is 5.10 Å². The number of Topliss-reactive ketones (excluding diaryl/α,β-unsaturated/α-hetero) is 1. The monoisotopic (exact) mass is 956 g/mol. The van der Waals surface area contributed by atoms with Crippen LogP contribution in [0.25, 0.3) is 44.1 Å². The predicted octanol–water partition coefficient (Wildman–Crippen LogP) is 6.88. The summed E-state index contributed by atoms with van der Waals surface area (Å²) >= 11 is 1.56. The van der Waals surface area contributed by atoms with E-state index >= 15 is 0 Å². The fraction of sp³-hybridized carbons (Fsp3) is 0.392. The number of benzene rings is 3. The van der Waals surface area contributed by atoms with Crippen LogP contribution >= 0.6 is 11.3 Å². The van der Waals surface area contributed by atoms with Crippen LogP contribution in [0, 0.1) is 18.2 Å². The number of aryl methyl sites for hydroxylation is 1. The molecule has 16 nitrogen and oxygen atoms in total. The first kappa shape index (κ1) is 48.4. The maximum atomic E-state index is 14.8. The Hall–Kier alpha value is -7.08. The molecule has 0 aliphatic carbocycles. The molecule has 2 aliphatic rings. The minimum Gasteiger partial charge on any atom is -0.496 e. The smallest absolute Gasteiger partial charge is 0.246 e. The lowest BCUT2D eigenvalue weighted by molar-refractivity contribution is -0.144. The zero-order valence-corrected chi connectivity index (χ0v) is 40.3. The van der Waals surface area contributed by atoms with Crippen molar-refractivity contribution in [2.24, 2.45) is 5.41 Å². The fourth-order valence-corrected chi connectivity index (χ4v) is 9.64. The summed E-state index contributed by atoms with van der Waals surface area (Å²) in [7, 11) is 1.47. The molecule has 0 bridgehead atoms. The van der Waals surface area contributed by atoms with Crippen LogP contribution in [0.15, 0.2) is 78.4 Å². The first-order valence-electron chi connectivity index (χ1n) is 23.2. The molecule has 69 heavy (non-hydrogen) atoms. The van der Waals surface area contributed by atoms with Crippen LogP contribution in [0.5, 0.6) is 5.75 Å². The Bertz CT molecular complexity index is 2830. The number of likely N-dealkylation sites (tertiary alicyclic amines) is 1. The quantitative estimate of drug-likeness (QED) is 0.0856. The summed E-state index contributed by atoms with van der Waals surface area (Å²) in [6, 6.07) is 18.4. The number of methoxy groups -OCH3 is 1. The average Bonchev–Trinajstić information content (AvgIpc) is 4.09. The number of halogens is 1. The lowest BCUT2D eigenvalue weighted by Gasteiger charge is -2.36. The second-order valence-electron chi connectivity index (χ2n) is 18.6. The Kier molecular flexibility index (Phi) is 14.8. The topological polar surface area (TPSA) is 196 Å². The van der Waals surface area contributed by atoms with E-state index in [1.807, 2.05) is 81.1 Å². The van der Waals surface area contributed by atoms with Crippen molar-refractivity contribution in [1.29, 1.82) is 0 Å². The number of thiazole rings is 1. The van der Waals surface area contributed by atoms with E-state index in [0.29, 0.717) is 74.3 Å². The number of nitrogens with zero attached hydrogens (tertiary/aromatic N) is 7. The minimum atomic E-state index is -0.972. The summed E-state index contributed by atoms with van der Waals surface area (Å²) in [5, 5.41) is 13.3. The number of amides is 4. The molecule has 0 saturated carbocycles. The number of aromatic nitrogens is 5. The van der Waals surface area contributed by atoms with Gasteiger partial charge >= 0.3 is 0 Å². The van der Waals surface area contributed by atoms with Gasteiger partial charge in [0, 0.05) is 63.2 Å². The highest BCUT2D eigenvalue weighted by molar-refractivity contribution is 7.13. The number of hydrogen-bond acceptors (Lipinski definition) is 12. The first-order chi connectivity index (χ1) is 33.2. The number of ketones is 1. The highest BCUT2D eigenvalue weighted by atomic mass is 32.1. The standard InChI is InChI=1S/C51H57FN10O6S/c1-31-46(69-30-55-31)34-16-14-32(15-17-34)27-54-49(66)39-26-36(63)29-62(39)50(67)47(51(2,3)4)56-41(64)12-7-6-8-13-42(65)61-24-22-60(23-25-61)35-20-18-33(19-21-35)44-45-38(58-59-44)28-53-48(57-45)43-37(52)10-9-11-40(43)68-5/h9-11,14-21,28,30,39,47H,6-8,12-13,22-27,29H2,1-5H3,(H,54,66)(H,56,64)(H,58,59)/t39-,47+/m0/s1. The molecule has 3 aromatic heterocycles. The van der Waals surface area contributed by atoms with Crippen molar-refractivity contribution >= 4 is 57.5 Å². The van der Waals surface area contributed by atoms with Gasteiger partial charge in [-0.05, 0) is 60.6 Å². The highest BCUT2D eigenvalue weighted by Crippen LogP contribution is 2.34. The molecule has 0 spiro atoms. The van der Waals surface area contributed by atoms with Crippen molar-refractivity contribution in [1.82, 2.24) is 45.6 Å². The van der Waals surface area contributed by atoms with Crippen molar-refractivity contribution in [3.63, 3.8) is 0 Å². The normalized spacial score (nSPS) is 15.7. The Morgan fingerprint density at radius 1 is 0.928 bits per heavy atom. The second-order valence-corrected chi connectivity index (χ2v) is 19.4. The largest absolute Gasteiger partial charge is 0.496 e. The summed E-state index contributed by atoms with van der Waals surface area (Å²) in [5.41, 5.74) is 7.79. The number of H-pyrrole nitrogens is 1. The summed E-state index contributed by atoms with van der Waals surface area (Å²) in [6.45, 7) is 10.0. The molecule has 2 aliphatic heterocycles. The zero-order valence-electron chi connectivity index (χ0n) is 39.5. The SMILES string of the molecule is COc1cccc(F)c1-c1ncc2[nH]nc(-c3ccc(N4CCN(C(=O)CCCCCC(=O)N[C@H](C(=O)N5CC(=O)C[C@H]5C(=O)NCc5ccc(-c6scnc6C)cc5)C(C)(C)C)CC4)cc3)c2n1. The second kappa shape index (κ2) is 21.1. The molecule has 8 rings (SSSR count). The maximum Gasteiger partial charge on any atom is 0.246 e. The van der Waals surface area contributed by atoms with E-state index in [-0.39, 0.29) is 54.9 Å². The number of ether oxygens (including phenoxy) is 1. The molecule has 2 atom stereocenters. The Morgan fingerprint density at radius 2 is 1.65 bits per heavy atom. The van der Waals surface area contributed by atoms with Gasteiger partial charge in [-0.15, -0.1) is 11.3 Å². The predicted molar refractivity (Wildman–Crippen MR) is 262 cm³/mol. The van der Waals surface area contributed by atoms with Crippen LogP contribution < -0.4 is 20.3 Å². The first-order valence-corrected chi connectivity index (χ1v) is 24.1. The van der Waals surface area contributed by atoms with Gasteiger partial charge in [0.15, 0.2) is 11.6 Å². The summed E-state index contributed by atoms with van der Waals surface area (Å²) in [6.07, 6.45) is 3.86. The van der Waals surface area contributed by atoms with E-state index < -0.39 is 35.1 Å². The highest BCUT2D eigenvalue weighted by Gasteiger charge is 2.44. The third kappa shape index (κ3) is 11.1. The van der Waals surface area contributed by atoms with Crippen molar-refractivity contribution in [2.45, 2.75) is 84.8 Å². The van der Waals surface area contributed by atoms with E-state index in [1.54, 1.807) is 35.2 Å². The summed E-state index contributed by atoms with van der Waals surface area (Å²) < 4.78 is 20.2. The molecule has 2 fully saturated rings. The molecule has 6 aromatic rings. The van der Waals surface area contributed by atoms with Crippen LogP contribution in [0.1, 0.15) is 70.6 Å². The molecule has 4 amide bonds. The molecule has 0 unspecified atom stereocenters. The van der Waals surface area contributed by atoms with Crippen LogP contribution in [0.3, 0.4) is 0 Å². The Morgan fingerprint density at radius 3 is 2.35 bits per heavy atom. The van der Waals surface area contributed by atoms with Crippen molar-refractivity contribution in [2.75, 3.05) is 44.7 Å². The number of hydrogen-bond donors (Lipinski definition) is 3. The van der Waals surface area contributed by atoms with E-state index in [1.165, 1.54) is 18.1 Å². The molecule has 5 heterocycles. The number of anilines is 1. The molecule has 18 heteroatoms. The maximum absolute atomic E-state index is 14.8. The molecular formula is C51H57FN10O6S. The number of rotatable bonds is 16. The average molecular weight is 957 g/mol. The molecule has 2 saturated heterocycles. The van der Waals surface area contributed by atoms with E-state index in [2.05, 4.69) is 40.7 Å². The third-order valence-electron chi connectivity index (χ3n) is 12.7. The van der Waals surface area contributed by atoms with Gasteiger partial charge < -0.3 is 30.1 Å². The van der Waals surface area contributed by atoms with Gasteiger partial charge in [0.1, 0.15) is 40.4 Å². The number of piperazine rings is 1. The van der Waals surface area contributed by atoms with Crippen LogP contribution in [0.4, 0.5) is 10.1 Å². The molecule has 360 valence electrons. The molecule has 3 N–H and O–H groups in total. The lowest BCUT2D eigenvalue weighted by atomic mass is 9.85. The summed E-state index contributed by atoms with van der Waals surface area (Å²) in [4.78, 5) is 86.4. The van der Waals surface area contributed by atoms with Crippen molar-refractivity contribution < 1.29 is 33.1 Å². The number of unbranched alkanes of at least 4 members (excludes halogenated alkanes) is 2.